The molecule has 0 aliphatic carbocycles. The van der Waals surface area contributed by atoms with Crippen molar-refractivity contribution in [2.75, 3.05) is 7.11 Å². The number of aromatic nitrogens is 1. The Balaban J connectivity index is 2.10. The van der Waals surface area contributed by atoms with Gasteiger partial charge in [-0.3, -0.25) is 4.79 Å². The molecule has 0 atom stereocenters. The van der Waals surface area contributed by atoms with E-state index < -0.39 is 0 Å². The van der Waals surface area contributed by atoms with Crippen LogP contribution in [0.3, 0.4) is 0 Å². The molecule has 0 radical (unpaired) electrons. The van der Waals surface area contributed by atoms with Crippen LogP contribution in [0.15, 0.2) is 71.7 Å². The zero-order valence-corrected chi connectivity index (χ0v) is 13.3. The number of rotatable bonds is 4. The summed E-state index contributed by atoms with van der Waals surface area (Å²) in [7, 11) is 1.57. The molecule has 4 heteroatoms. The molecule has 2 aromatic carbocycles. The van der Waals surface area contributed by atoms with Crippen molar-refractivity contribution < 1.29 is 4.74 Å². The Hall–Kier alpha value is -3.32. The van der Waals surface area contributed by atoms with E-state index in [1.165, 1.54) is 0 Å². The van der Waals surface area contributed by atoms with Gasteiger partial charge >= 0.3 is 0 Å². The van der Waals surface area contributed by atoms with Crippen molar-refractivity contribution in [3.8, 4) is 22.9 Å². The van der Waals surface area contributed by atoms with E-state index in [4.69, 9.17) is 4.74 Å². The first-order valence-electron chi connectivity index (χ1n) is 7.55. The van der Waals surface area contributed by atoms with Gasteiger partial charge in [0, 0.05) is 17.3 Å². The van der Waals surface area contributed by atoms with Gasteiger partial charge in [-0.25, -0.2) is 0 Å². The topological polar surface area (TPSA) is 55.0 Å². The molecule has 0 saturated heterocycles. The summed E-state index contributed by atoms with van der Waals surface area (Å²) in [5, 5.41) is 9.51. The van der Waals surface area contributed by atoms with Gasteiger partial charge in [0.1, 0.15) is 17.4 Å². The minimum atomic E-state index is -0.301. The number of methoxy groups -OCH3 is 1. The van der Waals surface area contributed by atoms with Crippen LogP contribution in [0, 0.1) is 11.3 Å². The molecule has 0 unspecified atom stereocenters. The van der Waals surface area contributed by atoms with E-state index in [0.29, 0.717) is 17.9 Å². The average molecular weight is 316 g/mol. The first-order valence-corrected chi connectivity index (χ1v) is 7.55. The van der Waals surface area contributed by atoms with E-state index in [0.717, 1.165) is 11.1 Å². The fourth-order valence-corrected chi connectivity index (χ4v) is 2.68. The van der Waals surface area contributed by atoms with Crippen LogP contribution in [-0.4, -0.2) is 11.7 Å². The molecule has 4 nitrogen and oxygen atoms in total. The van der Waals surface area contributed by atoms with E-state index >= 15 is 0 Å². The zero-order valence-electron chi connectivity index (χ0n) is 13.3. The van der Waals surface area contributed by atoms with Crippen LogP contribution in [0.1, 0.15) is 11.1 Å². The predicted molar refractivity (Wildman–Crippen MR) is 92.9 cm³/mol. The van der Waals surface area contributed by atoms with E-state index in [1.807, 2.05) is 54.6 Å². The lowest BCUT2D eigenvalue weighted by molar-refractivity contribution is 0.416. The third-order valence-electron chi connectivity index (χ3n) is 3.87. The van der Waals surface area contributed by atoms with Gasteiger partial charge in [-0.2, -0.15) is 5.26 Å². The Morgan fingerprint density at radius 3 is 2.42 bits per heavy atom. The third-order valence-corrected chi connectivity index (χ3v) is 3.87. The molecule has 3 aromatic rings. The van der Waals surface area contributed by atoms with Gasteiger partial charge in [-0.05, 0) is 17.7 Å². The van der Waals surface area contributed by atoms with E-state index in [1.54, 1.807) is 23.9 Å². The summed E-state index contributed by atoms with van der Waals surface area (Å²) in [4.78, 5) is 12.7. The van der Waals surface area contributed by atoms with Crippen molar-refractivity contribution in [1.29, 1.82) is 5.26 Å². The lowest BCUT2D eigenvalue weighted by Gasteiger charge is -2.12. The number of nitrogens with zero attached hydrogens (tertiary/aromatic N) is 2. The number of hydrogen-bond donors (Lipinski definition) is 0. The average Bonchev–Trinajstić information content (AvgIpc) is 2.64. The standard InChI is InChI=1S/C20H16N2O2/c1-24-19-10-6-5-9-17(19)16-11-12-22(20(23)18(16)13-21)14-15-7-3-2-4-8-15/h2-12H,14H2,1H3. The Kier molecular flexibility index (Phi) is 4.44. The molecule has 1 heterocycles. The van der Waals surface area contributed by atoms with Gasteiger partial charge in [-0.15, -0.1) is 0 Å². The van der Waals surface area contributed by atoms with Crippen LogP contribution < -0.4 is 10.3 Å². The fraction of sp³-hybridized carbons (Fsp3) is 0.100. The van der Waals surface area contributed by atoms with Crippen molar-refractivity contribution in [3.63, 3.8) is 0 Å². The zero-order chi connectivity index (χ0) is 16.9. The molecule has 3 rings (SSSR count). The molecular weight excluding hydrogens is 300 g/mol. The molecule has 0 spiro atoms. The van der Waals surface area contributed by atoms with Crippen LogP contribution in [-0.2, 0) is 6.54 Å². The molecule has 0 bridgehead atoms. The molecule has 0 aliphatic rings. The van der Waals surface area contributed by atoms with Crippen molar-refractivity contribution in [3.05, 3.63) is 88.3 Å². The van der Waals surface area contributed by atoms with E-state index in [2.05, 4.69) is 6.07 Å². The van der Waals surface area contributed by atoms with Crippen LogP contribution in [0.25, 0.3) is 11.1 Å². The monoisotopic (exact) mass is 316 g/mol. The molecule has 0 saturated carbocycles. The minimum Gasteiger partial charge on any atom is -0.496 e. The summed E-state index contributed by atoms with van der Waals surface area (Å²) < 4.78 is 6.90. The number of pyridine rings is 1. The van der Waals surface area contributed by atoms with E-state index in [9.17, 15) is 10.1 Å². The second kappa shape index (κ2) is 6.84. The summed E-state index contributed by atoms with van der Waals surface area (Å²) >= 11 is 0. The highest BCUT2D eigenvalue weighted by Gasteiger charge is 2.14. The fourth-order valence-electron chi connectivity index (χ4n) is 2.68. The van der Waals surface area contributed by atoms with Gasteiger partial charge in [-0.1, -0.05) is 48.5 Å². The maximum atomic E-state index is 12.7. The van der Waals surface area contributed by atoms with Gasteiger partial charge in [0.2, 0.25) is 0 Å². The third kappa shape index (κ3) is 2.92. The molecule has 1 aromatic heterocycles. The summed E-state index contributed by atoms with van der Waals surface area (Å²) in [6, 6.07) is 20.9. The van der Waals surface area contributed by atoms with Gasteiger partial charge in [0.15, 0.2) is 0 Å². The summed E-state index contributed by atoms with van der Waals surface area (Å²) in [5.41, 5.74) is 2.15. The maximum absolute atomic E-state index is 12.7. The summed E-state index contributed by atoms with van der Waals surface area (Å²) in [6.45, 7) is 0.431. The van der Waals surface area contributed by atoms with Crippen molar-refractivity contribution in [2.45, 2.75) is 6.54 Å². The van der Waals surface area contributed by atoms with Crippen LogP contribution >= 0.6 is 0 Å². The van der Waals surface area contributed by atoms with Crippen molar-refractivity contribution in [1.82, 2.24) is 4.57 Å². The Morgan fingerprint density at radius 2 is 1.71 bits per heavy atom. The quantitative estimate of drug-likeness (QED) is 0.741. The first-order chi connectivity index (χ1) is 11.7. The largest absolute Gasteiger partial charge is 0.496 e. The van der Waals surface area contributed by atoms with Crippen molar-refractivity contribution in [2.24, 2.45) is 0 Å². The molecule has 24 heavy (non-hydrogen) atoms. The molecule has 0 N–H and O–H groups in total. The van der Waals surface area contributed by atoms with Crippen LogP contribution in [0.4, 0.5) is 0 Å². The maximum Gasteiger partial charge on any atom is 0.269 e. The van der Waals surface area contributed by atoms with Gasteiger partial charge < -0.3 is 9.30 Å². The van der Waals surface area contributed by atoms with Gasteiger partial charge in [0.05, 0.1) is 13.7 Å². The van der Waals surface area contributed by atoms with E-state index in [-0.39, 0.29) is 11.1 Å². The first kappa shape index (κ1) is 15.6. The SMILES string of the molecule is COc1ccccc1-c1ccn(Cc2ccccc2)c(=O)c1C#N. The number of hydrogen-bond acceptors (Lipinski definition) is 3. The number of benzene rings is 2. The van der Waals surface area contributed by atoms with Crippen LogP contribution in [0.5, 0.6) is 5.75 Å². The summed E-state index contributed by atoms with van der Waals surface area (Å²) in [6.07, 6.45) is 1.72. The second-order valence-electron chi connectivity index (χ2n) is 5.34. The number of para-hydroxylation sites is 1. The summed E-state index contributed by atoms with van der Waals surface area (Å²) in [5.74, 6) is 0.634. The smallest absolute Gasteiger partial charge is 0.269 e. The normalized spacial score (nSPS) is 10.2. The number of ether oxygens (including phenoxy) is 1. The number of nitriles is 1. The lowest BCUT2D eigenvalue weighted by Crippen LogP contribution is -2.23. The van der Waals surface area contributed by atoms with Gasteiger partial charge in [0.25, 0.3) is 5.56 Å². The van der Waals surface area contributed by atoms with Crippen molar-refractivity contribution >= 4 is 0 Å². The molecule has 0 fully saturated rings. The minimum absolute atomic E-state index is 0.123. The predicted octanol–water partition coefficient (Wildman–Crippen LogP) is 3.44. The molecule has 0 aliphatic heterocycles. The molecular formula is C20H16N2O2. The second-order valence-corrected chi connectivity index (χ2v) is 5.34. The highest BCUT2D eigenvalue weighted by Crippen LogP contribution is 2.30. The Bertz CT molecular complexity index is 953. The molecule has 118 valence electrons. The Morgan fingerprint density at radius 1 is 1.00 bits per heavy atom. The lowest BCUT2D eigenvalue weighted by atomic mass is 10.0. The highest BCUT2D eigenvalue weighted by atomic mass is 16.5. The molecule has 0 amide bonds. The Labute approximate surface area is 140 Å². The van der Waals surface area contributed by atoms with Crippen LogP contribution in [0.2, 0.25) is 0 Å². The highest BCUT2D eigenvalue weighted by molar-refractivity contribution is 5.75.